The fourth-order valence-electron chi connectivity index (χ4n) is 10.4. The van der Waals surface area contributed by atoms with Crippen LogP contribution in [0.25, 0.3) is 49.7 Å². The Morgan fingerprint density at radius 1 is 0.565 bits per heavy atom. The molecule has 1 atom stereocenters. The molecule has 1 N–H and O–H groups in total. The first-order valence-electron chi connectivity index (χ1n) is 21.9. The quantitative estimate of drug-likeness (QED) is 0.132. The van der Waals surface area contributed by atoms with Crippen molar-refractivity contribution in [3.63, 3.8) is 0 Å². The maximum atomic E-state index is 3.86. The van der Waals surface area contributed by atoms with Gasteiger partial charge in [0.1, 0.15) is 0 Å². The van der Waals surface area contributed by atoms with Crippen molar-refractivity contribution in [2.24, 2.45) is 5.41 Å². The fourth-order valence-corrected chi connectivity index (χ4v) is 10.4. The van der Waals surface area contributed by atoms with Gasteiger partial charge in [-0.25, -0.2) is 5.01 Å². The third kappa shape index (κ3) is 6.53. The summed E-state index contributed by atoms with van der Waals surface area (Å²) in [4.78, 5) is 0. The molecule has 0 spiro atoms. The standard InChI is InChI=1S/C59H49N3/c1-58(36-17-6-18-37-58)42-61(60-40-43-20-7-2-8-21-43)41-44-22-19-29-49(38-44)62-55-39-46(45-23-9-3-10-24-45)32-33-51(55)53-35-34-52-50-30-15-16-31-54(50)59(56(52)57(53)62,47-25-11-4-12-26-47)48-27-13-5-14-28-48/h2-36,38-39,60H,37,40-42H2,1H3. The van der Waals surface area contributed by atoms with Crippen molar-refractivity contribution in [2.45, 2.75) is 31.8 Å². The summed E-state index contributed by atoms with van der Waals surface area (Å²) in [6, 6.07) is 74.1. The summed E-state index contributed by atoms with van der Waals surface area (Å²) >= 11 is 0. The number of nitrogens with one attached hydrogen (secondary N) is 1. The largest absolute Gasteiger partial charge is 0.309 e. The second-order valence-corrected chi connectivity index (χ2v) is 17.3. The fraction of sp³-hybridized carbons (Fsp3) is 0.119. The molecule has 11 rings (SSSR count). The minimum absolute atomic E-state index is 0.0183. The molecule has 3 heteroatoms. The first kappa shape index (κ1) is 37.9. The zero-order valence-electron chi connectivity index (χ0n) is 35.1. The number of hydrogen-bond donors (Lipinski definition) is 1. The van der Waals surface area contributed by atoms with Gasteiger partial charge in [0.05, 0.1) is 16.4 Å². The predicted octanol–water partition coefficient (Wildman–Crippen LogP) is 13.8. The van der Waals surface area contributed by atoms with Crippen LogP contribution in [0.15, 0.2) is 224 Å². The summed E-state index contributed by atoms with van der Waals surface area (Å²) in [5, 5.41) is 4.93. The van der Waals surface area contributed by atoms with Gasteiger partial charge in [-0.1, -0.05) is 213 Å². The van der Waals surface area contributed by atoms with Gasteiger partial charge in [-0.3, -0.25) is 5.43 Å². The van der Waals surface area contributed by atoms with Crippen molar-refractivity contribution in [3.8, 4) is 27.9 Å². The van der Waals surface area contributed by atoms with Gasteiger partial charge in [0.25, 0.3) is 0 Å². The molecule has 2 aliphatic carbocycles. The molecular weight excluding hydrogens is 751 g/mol. The molecule has 0 aliphatic heterocycles. The SMILES string of the molecule is CC1(CN(Cc2cccc(-n3c4cc(-c5ccccc5)ccc4c4ccc5c(c43)C(c3ccccc3)(c3ccccc3)c3ccccc3-5)c2)NCc2ccccc2)C=CC=CC1. The number of aromatic nitrogens is 1. The number of benzene rings is 8. The molecular formula is C59H49N3. The number of fused-ring (bicyclic) bond motifs is 7. The Morgan fingerprint density at radius 3 is 1.95 bits per heavy atom. The Hall–Kier alpha value is -7.04. The van der Waals surface area contributed by atoms with Crippen LogP contribution in [0.3, 0.4) is 0 Å². The van der Waals surface area contributed by atoms with Crippen LogP contribution in [-0.4, -0.2) is 16.1 Å². The molecule has 0 amide bonds. The van der Waals surface area contributed by atoms with Gasteiger partial charge >= 0.3 is 0 Å². The van der Waals surface area contributed by atoms with E-state index in [1.165, 1.54) is 77.4 Å². The topological polar surface area (TPSA) is 20.2 Å². The molecule has 0 radical (unpaired) electrons. The Kier molecular flexibility index (Phi) is 9.65. The first-order chi connectivity index (χ1) is 30.6. The highest BCUT2D eigenvalue weighted by atomic mass is 15.5. The highest BCUT2D eigenvalue weighted by Crippen LogP contribution is 2.59. The molecule has 3 nitrogen and oxygen atoms in total. The van der Waals surface area contributed by atoms with Gasteiger partial charge in [0.2, 0.25) is 0 Å². The Balaban J connectivity index is 1.15. The molecule has 0 bridgehead atoms. The van der Waals surface area contributed by atoms with E-state index in [9.17, 15) is 0 Å². The molecule has 300 valence electrons. The summed E-state index contributed by atoms with van der Waals surface area (Å²) in [5.74, 6) is 0. The maximum absolute atomic E-state index is 3.86. The Morgan fingerprint density at radius 2 is 1.23 bits per heavy atom. The van der Waals surface area contributed by atoms with Crippen LogP contribution < -0.4 is 5.43 Å². The average molecular weight is 800 g/mol. The predicted molar refractivity (Wildman–Crippen MR) is 258 cm³/mol. The van der Waals surface area contributed by atoms with Crippen LogP contribution in [0.1, 0.15) is 46.7 Å². The molecule has 1 heterocycles. The van der Waals surface area contributed by atoms with Crippen LogP contribution >= 0.6 is 0 Å². The third-order valence-electron chi connectivity index (χ3n) is 13.2. The summed E-state index contributed by atoms with van der Waals surface area (Å²) in [5.41, 5.74) is 19.6. The lowest BCUT2D eigenvalue weighted by Crippen LogP contribution is -2.43. The molecule has 0 saturated carbocycles. The summed E-state index contributed by atoms with van der Waals surface area (Å²) < 4.78 is 2.59. The van der Waals surface area contributed by atoms with Crippen LogP contribution in [0, 0.1) is 5.41 Å². The monoisotopic (exact) mass is 799 g/mol. The Labute approximate surface area is 364 Å². The molecule has 8 aromatic carbocycles. The van der Waals surface area contributed by atoms with E-state index >= 15 is 0 Å². The van der Waals surface area contributed by atoms with E-state index in [1.54, 1.807) is 0 Å². The minimum Gasteiger partial charge on any atom is -0.309 e. The third-order valence-corrected chi connectivity index (χ3v) is 13.2. The van der Waals surface area contributed by atoms with E-state index in [2.05, 4.69) is 246 Å². The van der Waals surface area contributed by atoms with Gasteiger partial charge < -0.3 is 4.57 Å². The molecule has 62 heavy (non-hydrogen) atoms. The normalized spacial score (nSPS) is 16.2. The minimum atomic E-state index is -0.560. The van der Waals surface area contributed by atoms with E-state index in [1.807, 2.05) is 0 Å². The second-order valence-electron chi connectivity index (χ2n) is 17.3. The number of hydrogen-bond acceptors (Lipinski definition) is 2. The van der Waals surface area contributed by atoms with Crippen molar-refractivity contribution < 1.29 is 0 Å². The average Bonchev–Trinajstić information content (AvgIpc) is 3.83. The van der Waals surface area contributed by atoms with Crippen LogP contribution in [0.4, 0.5) is 0 Å². The van der Waals surface area contributed by atoms with Gasteiger partial charge in [-0.15, -0.1) is 0 Å². The number of rotatable bonds is 11. The van der Waals surface area contributed by atoms with Crippen molar-refractivity contribution in [2.75, 3.05) is 6.54 Å². The van der Waals surface area contributed by atoms with E-state index in [-0.39, 0.29) is 5.41 Å². The first-order valence-corrected chi connectivity index (χ1v) is 21.9. The lowest BCUT2D eigenvalue weighted by Gasteiger charge is -2.35. The highest BCUT2D eigenvalue weighted by molar-refractivity contribution is 6.14. The number of allylic oxidation sites excluding steroid dienone is 3. The van der Waals surface area contributed by atoms with Crippen LogP contribution in [0.5, 0.6) is 0 Å². The number of hydrazine groups is 1. The van der Waals surface area contributed by atoms with Gasteiger partial charge in [-0.05, 0) is 74.7 Å². The molecule has 0 saturated heterocycles. The summed E-state index contributed by atoms with van der Waals surface area (Å²) in [6.45, 7) is 4.76. The summed E-state index contributed by atoms with van der Waals surface area (Å²) in [6.07, 6.45) is 10.0. The molecule has 2 aliphatic rings. The lowest BCUT2D eigenvalue weighted by molar-refractivity contribution is 0.123. The van der Waals surface area contributed by atoms with Crippen molar-refractivity contribution in [3.05, 3.63) is 258 Å². The van der Waals surface area contributed by atoms with Crippen LogP contribution in [-0.2, 0) is 18.5 Å². The maximum Gasteiger partial charge on any atom is 0.0734 e. The second kappa shape index (κ2) is 15.8. The van der Waals surface area contributed by atoms with Crippen molar-refractivity contribution in [1.29, 1.82) is 0 Å². The Bertz CT molecular complexity index is 3070. The van der Waals surface area contributed by atoms with E-state index in [0.717, 1.165) is 31.7 Å². The zero-order valence-corrected chi connectivity index (χ0v) is 35.1. The lowest BCUT2D eigenvalue weighted by atomic mass is 9.67. The highest BCUT2D eigenvalue weighted by Gasteiger charge is 2.48. The van der Waals surface area contributed by atoms with E-state index in [0.29, 0.717) is 0 Å². The molecule has 1 aromatic heterocycles. The molecule has 1 unspecified atom stereocenters. The van der Waals surface area contributed by atoms with Crippen molar-refractivity contribution in [1.82, 2.24) is 15.0 Å². The van der Waals surface area contributed by atoms with Crippen LogP contribution in [0.2, 0.25) is 0 Å². The van der Waals surface area contributed by atoms with Crippen molar-refractivity contribution >= 4 is 21.8 Å². The van der Waals surface area contributed by atoms with E-state index in [4.69, 9.17) is 0 Å². The molecule has 0 fully saturated rings. The summed E-state index contributed by atoms with van der Waals surface area (Å²) in [7, 11) is 0. The number of nitrogens with zero attached hydrogens (tertiary/aromatic N) is 2. The smallest absolute Gasteiger partial charge is 0.0734 e. The molecule has 9 aromatic rings. The van der Waals surface area contributed by atoms with E-state index < -0.39 is 5.41 Å². The van der Waals surface area contributed by atoms with Gasteiger partial charge in [-0.2, -0.15) is 0 Å². The van der Waals surface area contributed by atoms with Gasteiger partial charge in [0.15, 0.2) is 0 Å². The van der Waals surface area contributed by atoms with Gasteiger partial charge in [0, 0.05) is 47.1 Å². The zero-order chi connectivity index (χ0) is 41.5.